The van der Waals surface area contributed by atoms with Crippen molar-refractivity contribution >= 4 is 28.8 Å². The Balaban J connectivity index is 1.69. The summed E-state index contributed by atoms with van der Waals surface area (Å²) >= 11 is 7.56. The molecular formula is C17H13ClN2OS. The summed E-state index contributed by atoms with van der Waals surface area (Å²) in [7, 11) is 0. The number of amides is 1. The van der Waals surface area contributed by atoms with Crippen LogP contribution < -0.4 is 5.32 Å². The number of halogens is 1. The van der Waals surface area contributed by atoms with Gasteiger partial charge in [0.1, 0.15) is 0 Å². The van der Waals surface area contributed by atoms with E-state index in [0.717, 1.165) is 16.0 Å². The smallest absolute Gasteiger partial charge is 0.251 e. The number of carbonyl (C=O) groups excluding carboxylic acids is 1. The topological polar surface area (TPSA) is 42.0 Å². The molecule has 0 fully saturated rings. The molecule has 110 valence electrons. The minimum Gasteiger partial charge on any atom is -0.348 e. The quantitative estimate of drug-likeness (QED) is 0.771. The van der Waals surface area contributed by atoms with Crippen molar-refractivity contribution in [3.05, 3.63) is 76.4 Å². The van der Waals surface area contributed by atoms with Gasteiger partial charge in [0.15, 0.2) is 0 Å². The van der Waals surface area contributed by atoms with Crippen molar-refractivity contribution < 1.29 is 4.79 Å². The van der Waals surface area contributed by atoms with E-state index in [1.807, 2.05) is 23.7 Å². The lowest BCUT2D eigenvalue weighted by Gasteiger charge is -2.07. The maximum atomic E-state index is 12.1. The molecule has 0 saturated carbocycles. The fraction of sp³-hybridized carbons (Fsp3) is 0.0588. The molecule has 1 amide bonds. The second kappa shape index (κ2) is 6.73. The molecule has 0 aliphatic carbocycles. The van der Waals surface area contributed by atoms with Crippen LogP contribution in [0, 0.1) is 0 Å². The summed E-state index contributed by atoms with van der Waals surface area (Å²) in [6, 6.07) is 13.0. The zero-order chi connectivity index (χ0) is 15.4. The minimum absolute atomic E-state index is 0.149. The lowest BCUT2D eigenvalue weighted by atomic mass is 10.1. The van der Waals surface area contributed by atoms with Crippen LogP contribution in [0.15, 0.2) is 60.2 Å². The maximum absolute atomic E-state index is 12.1. The number of pyridine rings is 1. The zero-order valence-corrected chi connectivity index (χ0v) is 13.2. The molecule has 1 aromatic carbocycles. The van der Waals surface area contributed by atoms with Crippen molar-refractivity contribution in [3.8, 4) is 10.4 Å². The Hall–Kier alpha value is -2.17. The van der Waals surface area contributed by atoms with Crippen molar-refractivity contribution in [1.29, 1.82) is 0 Å². The predicted octanol–water partition coefficient (Wildman–Crippen LogP) is 4.39. The average Bonchev–Trinajstić information content (AvgIpc) is 3.07. The van der Waals surface area contributed by atoms with Crippen LogP contribution in [-0.2, 0) is 6.54 Å². The Kier molecular flexibility index (Phi) is 4.51. The second-order valence-corrected chi connectivity index (χ2v) is 6.14. The highest BCUT2D eigenvalue weighted by Crippen LogP contribution is 2.24. The predicted molar refractivity (Wildman–Crippen MR) is 90.2 cm³/mol. The van der Waals surface area contributed by atoms with Gasteiger partial charge in [-0.1, -0.05) is 23.7 Å². The first-order valence-corrected chi connectivity index (χ1v) is 8.00. The largest absolute Gasteiger partial charge is 0.348 e. The van der Waals surface area contributed by atoms with E-state index in [-0.39, 0.29) is 5.91 Å². The van der Waals surface area contributed by atoms with Gasteiger partial charge in [-0.3, -0.25) is 9.78 Å². The van der Waals surface area contributed by atoms with Crippen LogP contribution >= 0.6 is 22.9 Å². The summed E-state index contributed by atoms with van der Waals surface area (Å²) in [4.78, 5) is 17.5. The number of rotatable bonds is 4. The van der Waals surface area contributed by atoms with E-state index >= 15 is 0 Å². The second-order valence-electron chi connectivity index (χ2n) is 4.75. The van der Waals surface area contributed by atoms with Gasteiger partial charge in [-0.25, -0.2) is 0 Å². The molecule has 3 rings (SSSR count). The molecule has 3 aromatic rings. The Labute approximate surface area is 137 Å². The van der Waals surface area contributed by atoms with Crippen LogP contribution in [-0.4, -0.2) is 10.9 Å². The number of carbonyl (C=O) groups is 1. The molecule has 22 heavy (non-hydrogen) atoms. The maximum Gasteiger partial charge on any atom is 0.251 e. The highest BCUT2D eigenvalue weighted by molar-refractivity contribution is 7.13. The van der Waals surface area contributed by atoms with Gasteiger partial charge in [0.2, 0.25) is 0 Å². The van der Waals surface area contributed by atoms with Crippen molar-refractivity contribution in [2.24, 2.45) is 0 Å². The molecular weight excluding hydrogens is 316 g/mol. The zero-order valence-electron chi connectivity index (χ0n) is 11.6. The van der Waals surface area contributed by atoms with Crippen LogP contribution in [0.3, 0.4) is 0 Å². The standard InChI is InChI=1S/C17H13ClN2OS/c18-15-4-1-3-13(8-15)17(21)20-10-12-7-14(11-19-9-12)16-5-2-6-22-16/h1-9,11H,10H2,(H,20,21). The SMILES string of the molecule is O=C(NCc1cncc(-c2cccs2)c1)c1cccc(Cl)c1. The van der Waals surface area contributed by atoms with Gasteiger partial charge in [-0.15, -0.1) is 11.3 Å². The Morgan fingerprint density at radius 2 is 2.09 bits per heavy atom. The normalized spacial score (nSPS) is 10.4. The van der Waals surface area contributed by atoms with Gasteiger partial charge >= 0.3 is 0 Å². The number of nitrogens with one attached hydrogen (secondary N) is 1. The third-order valence-electron chi connectivity index (χ3n) is 3.14. The Morgan fingerprint density at radius 3 is 2.86 bits per heavy atom. The molecule has 3 nitrogen and oxygen atoms in total. The molecule has 0 radical (unpaired) electrons. The van der Waals surface area contributed by atoms with Crippen LogP contribution in [0.2, 0.25) is 5.02 Å². The van der Waals surface area contributed by atoms with Gasteiger partial charge in [-0.05, 0) is 41.3 Å². The van der Waals surface area contributed by atoms with E-state index in [9.17, 15) is 4.79 Å². The summed E-state index contributed by atoms with van der Waals surface area (Å²) in [6.45, 7) is 0.428. The molecule has 2 aromatic heterocycles. The Bertz CT molecular complexity index is 787. The molecule has 0 saturated heterocycles. The van der Waals surface area contributed by atoms with E-state index < -0.39 is 0 Å². The first-order valence-electron chi connectivity index (χ1n) is 6.74. The molecule has 1 N–H and O–H groups in total. The lowest BCUT2D eigenvalue weighted by Crippen LogP contribution is -2.22. The van der Waals surface area contributed by atoms with E-state index in [0.29, 0.717) is 17.1 Å². The fourth-order valence-electron chi connectivity index (χ4n) is 2.08. The first kappa shape index (κ1) is 14.8. The molecule has 0 unspecified atom stereocenters. The van der Waals surface area contributed by atoms with Gasteiger partial charge < -0.3 is 5.32 Å². The third-order valence-corrected chi connectivity index (χ3v) is 4.29. The van der Waals surface area contributed by atoms with E-state index in [2.05, 4.69) is 16.4 Å². The summed E-state index contributed by atoms with van der Waals surface area (Å²) in [5.41, 5.74) is 2.57. The van der Waals surface area contributed by atoms with Crippen molar-refractivity contribution in [2.45, 2.75) is 6.54 Å². The number of hydrogen-bond acceptors (Lipinski definition) is 3. The van der Waals surface area contributed by atoms with Gasteiger partial charge in [0.25, 0.3) is 5.91 Å². The van der Waals surface area contributed by atoms with Crippen LogP contribution in [0.1, 0.15) is 15.9 Å². The van der Waals surface area contributed by atoms with Gasteiger partial charge in [0, 0.05) is 40.0 Å². The molecule has 0 aliphatic rings. The first-order chi connectivity index (χ1) is 10.7. The molecule has 0 bridgehead atoms. The highest BCUT2D eigenvalue weighted by atomic mass is 35.5. The lowest BCUT2D eigenvalue weighted by molar-refractivity contribution is 0.0951. The summed E-state index contributed by atoms with van der Waals surface area (Å²) < 4.78 is 0. The highest BCUT2D eigenvalue weighted by Gasteiger charge is 2.06. The van der Waals surface area contributed by atoms with E-state index in [4.69, 9.17) is 11.6 Å². The molecule has 5 heteroatoms. The van der Waals surface area contributed by atoms with Crippen molar-refractivity contribution in [2.75, 3.05) is 0 Å². The van der Waals surface area contributed by atoms with Crippen molar-refractivity contribution in [3.63, 3.8) is 0 Å². The average molecular weight is 329 g/mol. The fourth-order valence-corrected chi connectivity index (χ4v) is 2.97. The molecule has 0 spiro atoms. The summed E-state index contributed by atoms with van der Waals surface area (Å²) in [5, 5.41) is 5.46. The number of hydrogen-bond donors (Lipinski definition) is 1. The summed E-state index contributed by atoms with van der Waals surface area (Å²) in [6.07, 6.45) is 3.59. The number of benzene rings is 1. The summed E-state index contributed by atoms with van der Waals surface area (Å²) in [5.74, 6) is -0.149. The number of nitrogens with zero attached hydrogens (tertiary/aromatic N) is 1. The van der Waals surface area contributed by atoms with Gasteiger partial charge in [-0.2, -0.15) is 0 Å². The molecule has 0 atom stereocenters. The van der Waals surface area contributed by atoms with Crippen molar-refractivity contribution in [1.82, 2.24) is 10.3 Å². The molecule has 0 aliphatic heterocycles. The minimum atomic E-state index is -0.149. The number of thiophene rings is 1. The van der Waals surface area contributed by atoms with Gasteiger partial charge in [0.05, 0.1) is 0 Å². The monoisotopic (exact) mass is 328 g/mol. The van der Waals surface area contributed by atoms with E-state index in [1.54, 1.807) is 41.8 Å². The van der Waals surface area contributed by atoms with E-state index in [1.165, 1.54) is 0 Å². The van der Waals surface area contributed by atoms with Crippen LogP contribution in [0.25, 0.3) is 10.4 Å². The van der Waals surface area contributed by atoms with Crippen LogP contribution in [0.4, 0.5) is 0 Å². The Morgan fingerprint density at radius 1 is 1.18 bits per heavy atom. The molecule has 2 heterocycles. The number of aromatic nitrogens is 1. The third kappa shape index (κ3) is 3.53. The van der Waals surface area contributed by atoms with Crippen LogP contribution in [0.5, 0.6) is 0 Å².